The maximum absolute atomic E-state index is 12.2. The molecule has 0 aromatic heterocycles. The van der Waals surface area contributed by atoms with Crippen molar-refractivity contribution in [1.82, 2.24) is 9.62 Å². The minimum absolute atomic E-state index is 0.152. The maximum atomic E-state index is 12.2. The van der Waals surface area contributed by atoms with Crippen molar-refractivity contribution in [2.75, 3.05) is 26.2 Å². The van der Waals surface area contributed by atoms with Crippen LogP contribution in [0.15, 0.2) is 0 Å². The van der Waals surface area contributed by atoms with Crippen LogP contribution in [0.3, 0.4) is 0 Å². The van der Waals surface area contributed by atoms with E-state index in [1.165, 1.54) is 0 Å². The van der Waals surface area contributed by atoms with Crippen molar-refractivity contribution in [3.63, 3.8) is 0 Å². The third kappa shape index (κ3) is 2.19. The van der Waals surface area contributed by atoms with Crippen LogP contribution >= 0.6 is 0 Å². The van der Waals surface area contributed by atoms with Gasteiger partial charge < -0.3 is 5.32 Å². The number of nitrogens with one attached hydrogen (secondary N) is 1. The normalized spacial score (nSPS) is 32.3. The highest BCUT2D eigenvalue weighted by Gasteiger charge is 2.40. The van der Waals surface area contributed by atoms with Crippen LogP contribution in [0.25, 0.3) is 0 Å². The first-order valence-electron chi connectivity index (χ1n) is 5.61. The number of hydrogen-bond donors (Lipinski definition) is 1. The van der Waals surface area contributed by atoms with E-state index in [0.29, 0.717) is 19.6 Å². The Morgan fingerprint density at radius 1 is 1.40 bits per heavy atom. The average molecular weight is 232 g/mol. The Morgan fingerprint density at radius 2 is 2.13 bits per heavy atom. The van der Waals surface area contributed by atoms with Crippen LogP contribution in [0, 0.1) is 5.41 Å². The minimum atomic E-state index is -3.04. The monoisotopic (exact) mass is 232 g/mol. The van der Waals surface area contributed by atoms with Crippen LogP contribution in [0.2, 0.25) is 0 Å². The molecule has 2 saturated heterocycles. The Labute approximate surface area is 92.1 Å². The maximum Gasteiger partial charge on any atom is 0.218 e. The second-order valence-corrected chi connectivity index (χ2v) is 7.62. The summed E-state index contributed by atoms with van der Waals surface area (Å²) in [5.41, 5.74) is 0.152. The molecule has 1 N–H and O–H groups in total. The summed E-state index contributed by atoms with van der Waals surface area (Å²) in [5.74, 6) is 0. The number of sulfonamides is 1. The fourth-order valence-corrected chi connectivity index (χ4v) is 4.41. The zero-order valence-electron chi connectivity index (χ0n) is 9.49. The highest BCUT2D eigenvalue weighted by molar-refractivity contribution is 7.89. The zero-order valence-corrected chi connectivity index (χ0v) is 10.3. The molecule has 5 heteroatoms. The van der Waals surface area contributed by atoms with Crippen molar-refractivity contribution < 1.29 is 8.42 Å². The summed E-state index contributed by atoms with van der Waals surface area (Å²) in [6.45, 7) is 7.11. The van der Waals surface area contributed by atoms with Gasteiger partial charge >= 0.3 is 0 Å². The fourth-order valence-electron chi connectivity index (χ4n) is 2.37. The standard InChI is InChI=1S/C10H20N2O2S/c1-10(2)4-6-12(8-10)15(13,14)9-3-5-11-7-9/h9,11H,3-8H2,1-2H3. The fraction of sp³-hybridized carbons (Fsp3) is 1.00. The Bertz CT molecular complexity index is 331. The molecule has 0 aromatic carbocycles. The van der Waals surface area contributed by atoms with Crippen molar-refractivity contribution >= 4 is 10.0 Å². The van der Waals surface area contributed by atoms with Crippen molar-refractivity contribution in [3.8, 4) is 0 Å². The van der Waals surface area contributed by atoms with Crippen molar-refractivity contribution in [2.45, 2.75) is 31.9 Å². The summed E-state index contributed by atoms with van der Waals surface area (Å²) in [6.07, 6.45) is 1.74. The predicted octanol–water partition coefficient (Wildman–Crippen LogP) is 0.410. The van der Waals surface area contributed by atoms with Crippen molar-refractivity contribution in [3.05, 3.63) is 0 Å². The first-order chi connectivity index (χ1) is 6.92. The van der Waals surface area contributed by atoms with E-state index in [2.05, 4.69) is 19.2 Å². The van der Waals surface area contributed by atoms with Gasteiger partial charge in [-0.1, -0.05) is 13.8 Å². The molecule has 0 bridgehead atoms. The summed E-state index contributed by atoms with van der Waals surface area (Å²) >= 11 is 0. The smallest absolute Gasteiger partial charge is 0.218 e. The first kappa shape index (κ1) is 11.4. The van der Waals surface area contributed by atoms with Gasteiger partial charge in [-0.05, 0) is 24.8 Å². The number of nitrogens with zero attached hydrogens (tertiary/aromatic N) is 1. The number of rotatable bonds is 2. The molecule has 2 rings (SSSR count). The van der Waals surface area contributed by atoms with Crippen LogP contribution in [0.5, 0.6) is 0 Å². The Balaban J connectivity index is 2.10. The lowest BCUT2D eigenvalue weighted by Gasteiger charge is -2.22. The van der Waals surface area contributed by atoms with Crippen LogP contribution in [0.4, 0.5) is 0 Å². The van der Waals surface area contributed by atoms with Gasteiger partial charge in [-0.25, -0.2) is 12.7 Å². The van der Waals surface area contributed by atoms with E-state index < -0.39 is 10.0 Å². The molecule has 2 heterocycles. The molecular weight excluding hydrogens is 212 g/mol. The Kier molecular flexibility index (Phi) is 2.81. The summed E-state index contributed by atoms with van der Waals surface area (Å²) in [6, 6.07) is 0. The topological polar surface area (TPSA) is 49.4 Å². The molecule has 0 aliphatic carbocycles. The lowest BCUT2D eigenvalue weighted by molar-refractivity contribution is 0.373. The molecule has 4 nitrogen and oxygen atoms in total. The van der Waals surface area contributed by atoms with Gasteiger partial charge in [0.05, 0.1) is 5.25 Å². The van der Waals surface area contributed by atoms with Gasteiger partial charge in [-0.2, -0.15) is 0 Å². The Morgan fingerprint density at radius 3 is 2.60 bits per heavy atom. The van der Waals surface area contributed by atoms with Gasteiger partial charge in [0.1, 0.15) is 0 Å². The molecule has 2 fully saturated rings. The van der Waals surface area contributed by atoms with Crippen molar-refractivity contribution in [1.29, 1.82) is 0 Å². The third-order valence-corrected chi connectivity index (χ3v) is 5.71. The van der Waals surface area contributed by atoms with Crippen LogP contribution in [-0.2, 0) is 10.0 Å². The molecule has 0 amide bonds. The highest BCUT2D eigenvalue weighted by atomic mass is 32.2. The SMILES string of the molecule is CC1(C)CCN(S(=O)(=O)C2CCNC2)C1. The van der Waals surface area contributed by atoms with Gasteiger partial charge in [0.2, 0.25) is 10.0 Å². The summed E-state index contributed by atoms with van der Waals surface area (Å²) in [5, 5.41) is 2.93. The van der Waals surface area contributed by atoms with Gasteiger partial charge in [0, 0.05) is 19.6 Å². The molecule has 0 saturated carbocycles. The van der Waals surface area contributed by atoms with E-state index in [4.69, 9.17) is 0 Å². The van der Waals surface area contributed by atoms with Gasteiger partial charge in [0.25, 0.3) is 0 Å². The lowest BCUT2D eigenvalue weighted by Crippen LogP contribution is -2.39. The predicted molar refractivity (Wildman–Crippen MR) is 60.2 cm³/mol. The van der Waals surface area contributed by atoms with Crippen LogP contribution in [-0.4, -0.2) is 44.2 Å². The van der Waals surface area contributed by atoms with Crippen LogP contribution in [0.1, 0.15) is 26.7 Å². The molecular formula is C10H20N2O2S. The molecule has 2 aliphatic rings. The van der Waals surface area contributed by atoms with E-state index in [0.717, 1.165) is 19.4 Å². The summed E-state index contributed by atoms with van der Waals surface area (Å²) in [4.78, 5) is 0. The van der Waals surface area contributed by atoms with Gasteiger partial charge in [0.15, 0.2) is 0 Å². The average Bonchev–Trinajstić information content (AvgIpc) is 2.72. The van der Waals surface area contributed by atoms with Crippen LogP contribution < -0.4 is 5.32 Å². The molecule has 2 aliphatic heterocycles. The largest absolute Gasteiger partial charge is 0.315 e. The quantitative estimate of drug-likeness (QED) is 0.750. The van der Waals surface area contributed by atoms with Gasteiger partial charge in [-0.15, -0.1) is 0 Å². The molecule has 0 radical (unpaired) electrons. The second kappa shape index (κ2) is 3.71. The molecule has 1 atom stereocenters. The van der Waals surface area contributed by atoms with E-state index in [1.54, 1.807) is 4.31 Å². The summed E-state index contributed by atoms with van der Waals surface area (Å²) < 4.78 is 26.1. The van der Waals surface area contributed by atoms with E-state index in [1.807, 2.05) is 0 Å². The number of hydrogen-bond acceptors (Lipinski definition) is 3. The molecule has 0 aromatic rings. The second-order valence-electron chi connectivity index (χ2n) is 5.41. The minimum Gasteiger partial charge on any atom is -0.315 e. The lowest BCUT2D eigenvalue weighted by atomic mass is 9.93. The molecule has 15 heavy (non-hydrogen) atoms. The van der Waals surface area contributed by atoms with E-state index >= 15 is 0 Å². The zero-order chi connectivity index (χ0) is 11.1. The van der Waals surface area contributed by atoms with Crippen molar-refractivity contribution in [2.24, 2.45) is 5.41 Å². The summed E-state index contributed by atoms with van der Waals surface area (Å²) in [7, 11) is -3.04. The highest BCUT2D eigenvalue weighted by Crippen LogP contribution is 2.32. The first-order valence-corrected chi connectivity index (χ1v) is 7.12. The van der Waals surface area contributed by atoms with Gasteiger partial charge in [-0.3, -0.25) is 0 Å². The third-order valence-electron chi connectivity index (χ3n) is 3.44. The molecule has 0 spiro atoms. The van der Waals surface area contributed by atoms with E-state index in [9.17, 15) is 8.42 Å². The molecule has 1 unspecified atom stereocenters. The van der Waals surface area contributed by atoms with E-state index in [-0.39, 0.29) is 10.7 Å². The molecule has 88 valence electrons. The Hall–Kier alpha value is -0.130.